The third kappa shape index (κ3) is 2.26. The van der Waals surface area contributed by atoms with Crippen molar-refractivity contribution in [3.8, 4) is 0 Å². The number of anilines is 1. The minimum absolute atomic E-state index is 0.437. The van der Waals surface area contributed by atoms with Crippen LogP contribution in [0.25, 0.3) is 6.08 Å². The number of fused-ring (bicyclic) bond motifs is 1. The predicted molar refractivity (Wildman–Crippen MR) is 74.1 cm³/mol. The largest absolute Gasteiger partial charge is 0.344 e. The summed E-state index contributed by atoms with van der Waals surface area (Å²) in [6.45, 7) is 8.87. The van der Waals surface area contributed by atoms with E-state index in [4.69, 9.17) is 0 Å². The van der Waals surface area contributed by atoms with Crippen LogP contribution in [0.5, 0.6) is 0 Å². The minimum atomic E-state index is 0.437. The van der Waals surface area contributed by atoms with Crippen LogP contribution in [0.2, 0.25) is 0 Å². The highest BCUT2D eigenvalue weighted by molar-refractivity contribution is 5.72. The monoisotopic (exact) mass is 228 g/mol. The summed E-state index contributed by atoms with van der Waals surface area (Å²) in [5.41, 5.74) is 3.68. The van der Waals surface area contributed by atoms with Crippen LogP contribution in [0, 0.1) is 0 Å². The van der Waals surface area contributed by atoms with E-state index in [0.29, 0.717) is 12.0 Å². The van der Waals surface area contributed by atoms with Gasteiger partial charge in [-0.2, -0.15) is 0 Å². The van der Waals surface area contributed by atoms with Crippen LogP contribution in [0.3, 0.4) is 0 Å². The Morgan fingerprint density at radius 1 is 1.12 bits per heavy atom. The molecule has 0 atom stereocenters. The molecule has 2 heteroatoms. The highest BCUT2D eigenvalue weighted by Gasteiger charge is 2.19. The van der Waals surface area contributed by atoms with E-state index in [1.54, 1.807) is 0 Å². The maximum atomic E-state index is 4.49. The van der Waals surface area contributed by atoms with E-state index in [0.717, 1.165) is 5.69 Å². The molecule has 0 fully saturated rings. The molecule has 2 rings (SSSR count). The zero-order valence-corrected chi connectivity index (χ0v) is 11.0. The van der Waals surface area contributed by atoms with Crippen molar-refractivity contribution in [2.24, 2.45) is 0 Å². The van der Waals surface area contributed by atoms with Crippen LogP contribution in [0.4, 0.5) is 5.69 Å². The Bertz CT molecular complexity index is 456. The van der Waals surface area contributed by atoms with Crippen LogP contribution in [0.15, 0.2) is 30.6 Å². The van der Waals surface area contributed by atoms with Crippen LogP contribution in [-0.4, -0.2) is 11.0 Å². The van der Waals surface area contributed by atoms with E-state index in [2.05, 4.69) is 68.1 Å². The van der Waals surface area contributed by atoms with E-state index in [1.165, 1.54) is 11.3 Å². The standard InChI is InChI=1S/C15H20N2/c1-11(2)13-8-9-16-14-7-5-6-10-17(12(3)4)15(13)14/h5-12H,1-4H3. The molecule has 0 aromatic carbocycles. The molecule has 2 heterocycles. The van der Waals surface area contributed by atoms with E-state index in [1.807, 2.05) is 6.20 Å². The fourth-order valence-corrected chi connectivity index (χ4v) is 2.15. The van der Waals surface area contributed by atoms with Gasteiger partial charge in [0.25, 0.3) is 0 Å². The van der Waals surface area contributed by atoms with E-state index in [-0.39, 0.29) is 0 Å². The lowest BCUT2D eigenvalue weighted by molar-refractivity contribution is 0.762. The average Bonchev–Trinajstić information content (AvgIpc) is 2.50. The summed E-state index contributed by atoms with van der Waals surface area (Å²) < 4.78 is 0. The van der Waals surface area contributed by atoms with Gasteiger partial charge < -0.3 is 4.90 Å². The van der Waals surface area contributed by atoms with E-state index >= 15 is 0 Å². The summed E-state index contributed by atoms with van der Waals surface area (Å²) in [6, 6.07) is 2.57. The first-order valence-corrected chi connectivity index (χ1v) is 6.23. The Kier molecular flexibility index (Phi) is 3.32. The Hall–Kier alpha value is -1.57. The second-order valence-corrected chi connectivity index (χ2v) is 4.99. The van der Waals surface area contributed by atoms with Crippen molar-refractivity contribution in [3.63, 3.8) is 0 Å². The number of hydrogen-bond acceptors (Lipinski definition) is 2. The summed E-state index contributed by atoms with van der Waals surface area (Å²) in [5, 5.41) is 0. The first-order valence-electron chi connectivity index (χ1n) is 6.23. The van der Waals surface area contributed by atoms with Gasteiger partial charge in [-0.1, -0.05) is 19.9 Å². The molecular formula is C15H20N2. The van der Waals surface area contributed by atoms with Crippen LogP contribution < -0.4 is 4.90 Å². The molecule has 1 aromatic rings. The summed E-state index contributed by atoms with van der Waals surface area (Å²) in [7, 11) is 0. The highest BCUT2D eigenvalue weighted by atomic mass is 15.1. The lowest BCUT2D eigenvalue weighted by Gasteiger charge is -2.29. The molecule has 2 nitrogen and oxygen atoms in total. The molecule has 90 valence electrons. The molecule has 0 spiro atoms. The Morgan fingerprint density at radius 3 is 2.53 bits per heavy atom. The SMILES string of the molecule is CC(C)c1ccnc2c1N(C(C)C)C=CC=C2. The summed E-state index contributed by atoms with van der Waals surface area (Å²) >= 11 is 0. The lowest BCUT2D eigenvalue weighted by atomic mass is 9.99. The molecule has 1 aromatic heterocycles. The predicted octanol–water partition coefficient (Wildman–Crippen LogP) is 3.96. The number of nitrogens with zero attached hydrogens (tertiary/aromatic N) is 2. The molecule has 17 heavy (non-hydrogen) atoms. The lowest BCUT2D eigenvalue weighted by Crippen LogP contribution is -2.26. The maximum absolute atomic E-state index is 4.49. The van der Waals surface area contributed by atoms with Gasteiger partial charge in [0, 0.05) is 18.4 Å². The van der Waals surface area contributed by atoms with Gasteiger partial charge in [-0.05, 0) is 43.5 Å². The van der Waals surface area contributed by atoms with Crippen LogP contribution >= 0.6 is 0 Å². The van der Waals surface area contributed by atoms with Gasteiger partial charge in [-0.25, -0.2) is 0 Å². The van der Waals surface area contributed by atoms with Crippen molar-refractivity contribution < 1.29 is 0 Å². The number of rotatable bonds is 2. The molecule has 0 radical (unpaired) electrons. The van der Waals surface area contributed by atoms with Gasteiger partial charge in [0.05, 0.1) is 11.4 Å². The van der Waals surface area contributed by atoms with Crippen molar-refractivity contribution in [2.45, 2.75) is 39.7 Å². The number of allylic oxidation sites excluding steroid dienone is 2. The van der Waals surface area contributed by atoms with Gasteiger partial charge in [0.15, 0.2) is 0 Å². The molecule has 1 aliphatic heterocycles. The van der Waals surface area contributed by atoms with Gasteiger partial charge in [0.2, 0.25) is 0 Å². The number of hydrogen-bond donors (Lipinski definition) is 0. The zero-order valence-electron chi connectivity index (χ0n) is 11.0. The number of aromatic nitrogens is 1. The Morgan fingerprint density at radius 2 is 1.88 bits per heavy atom. The van der Waals surface area contributed by atoms with Crippen molar-refractivity contribution in [3.05, 3.63) is 41.9 Å². The third-order valence-electron chi connectivity index (χ3n) is 3.03. The third-order valence-corrected chi connectivity index (χ3v) is 3.03. The molecular weight excluding hydrogens is 208 g/mol. The smallest absolute Gasteiger partial charge is 0.0869 e. The van der Waals surface area contributed by atoms with Gasteiger partial charge >= 0.3 is 0 Å². The molecule has 0 amide bonds. The van der Waals surface area contributed by atoms with Gasteiger partial charge in [-0.15, -0.1) is 0 Å². The van der Waals surface area contributed by atoms with E-state index < -0.39 is 0 Å². The first-order chi connectivity index (χ1) is 8.11. The van der Waals surface area contributed by atoms with Crippen LogP contribution in [0.1, 0.15) is 44.9 Å². The highest BCUT2D eigenvalue weighted by Crippen LogP contribution is 2.33. The van der Waals surface area contributed by atoms with E-state index in [9.17, 15) is 0 Å². The molecule has 0 bridgehead atoms. The van der Waals surface area contributed by atoms with Crippen molar-refractivity contribution >= 4 is 11.8 Å². The normalized spacial score (nSPS) is 14.4. The topological polar surface area (TPSA) is 16.1 Å². The fourth-order valence-electron chi connectivity index (χ4n) is 2.15. The summed E-state index contributed by atoms with van der Waals surface area (Å²) in [4.78, 5) is 6.79. The Labute approximate surface area is 104 Å². The summed E-state index contributed by atoms with van der Waals surface area (Å²) in [5.74, 6) is 0.507. The molecule has 0 N–H and O–H groups in total. The molecule has 0 saturated carbocycles. The van der Waals surface area contributed by atoms with Crippen LogP contribution in [-0.2, 0) is 0 Å². The average molecular weight is 228 g/mol. The minimum Gasteiger partial charge on any atom is -0.344 e. The van der Waals surface area contributed by atoms with Gasteiger partial charge in [-0.3, -0.25) is 4.98 Å². The second kappa shape index (κ2) is 4.74. The zero-order chi connectivity index (χ0) is 12.4. The van der Waals surface area contributed by atoms with Crippen molar-refractivity contribution in [1.29, 1.82) is 0 Å². The molecule has 0 saturated heterocycles. The quantitative estimate of drug-likeness (QED) is 0.761. The molecule has 1 aliphatic rings. The summed E-state index contributed by atoms with van der Waals surface area (Å²) in [6.07, 6.45) is 10.3. The molecule has 0 aliphatic carbocycles. The van der Waals surface area contributed by atoms with Gasteiger partial charge in [0.1, 0.15) is 0 Å². The Balaban J connectivity index is 2.62. The van der Waals surface area contributed by atoms with Crippen molar-refractivity contribution in [2.75, 3.05) is 4.90 Å². The van der Waals surface area contributed by atoms with Crippen molar-refractivity contribution in [1.82, 2.24) is 4.98 Å². The fraction of sp³-hybridized carbons (Fsp3) is 0.400. The second-order valence-electron chi connectivity index (χ2n) is 4.99. The first kappa shape index (κ1) is 11.9. The maximum Gasteiger partial charge on any atom is 0.0869 e. The number of pyridine rings is 1. The molecule has 0 unspecified atom stereocenters.